The molecule has 0 bridgehead atoms. The molecule has 2 aromatic carbocycles. The van der Waals surface area contributed by atoms with Crippen LogP contribution in [0.1, 0.15) is 61.4 Å². The standard InChI is InChI=1S/C19H22BrN/c1-13-7-12-19(18-6-4-3-5-17(13)18)21-14(2)15-8-10-16(20)11-9-15/h3-6,8-11,13-14,19,21H,7,12H2,1-2H3/t13?,14-,19?/m1/s1. The first-order valence-corrected chi connectivity index (χ1v) is 8.55. The first-order valence-electron chi connectivity index (χ1n) is 7.75. The van der Waals surface area contributed by atoms with Gasteiger partial charge < -0.3 is 5.32 Å². The number of hydrogen-bond donors (Lipinski definition) is 1. The number of nitrogens with one attached hydrogen (secondary N) is 1. The molecule has 0 aromatic heterocycles. The van der Waals surface area contributed by atoms with Gasteiger partial charge in [0.15, 0.2) is 0 Å². The molecule has 0 saturated heterocycles. The van der Waals surface area contributed by atoms with Crippen LogP contribution in [0, 0.1) is 0 Å². The third-order valence-corrected chi connectivity index (χ3v) is 5.14. The summed E-state index contributed by atoms with van der Waals surface area (Å²) in [6, 6.07) is 18.4. The Labute approximate surface area is 135 Å². The van der Waals surface area contributed by atoms with Crippen LogP contribution in [0.5, 0.6) is 0 Å². The Hall–Kier alpha value is -1.12. The van der Waals surface area contributed by atoms with E-state index in [9.17, 15) is 0 Å². The summed E-state index contributed by atoms with van der Waals surface area (Å²) >= 11 is 3.50. The van der Waals surface area contributed by atoms with Gasteiger partial charge in [-0.05, 0) is 54.5 Å². The lowest BCUT2D eigenvalue weighted by Crippen LogP contribution is -2.28. The molecule has 1 N–H and O–H groups in total. The maximum absolute atomic E-state index is 3.82. The van der Waals surface area contributed by atoms with Gasteiger partial charge in [0.25, 0.3) is 0 Å². The van der Waals surface area contributed by atoms with E-state index in [4.69, 9.17) is 0 Å². The molecule has 0 aliphatic heterocycles. The molecule has 2 aromatic rings. The van der Waals surface area contributed by atoms with E-state index in [-0.39, 0.29) is 0 Å². The molecule has 3 atom stereocenters. The lowest BCUT2D eigenvalue weighted by molar-refractivity contribution is 0.396. The number of fused-ring (bicyclic) bond motifs is 1. The van der Waals surface area contributed by atoms with Crippen molar-refractivity contribution in [3.63, 3.8) is 0 Å². The summed E-state index contributed by atoms with van der Waals surface area (Å²) in [5.74, 6) is 0.683. The SMILES string of the molecule is CC1CCC(N[C@H](C)c2ccc(Br)cc2)c2ccccc21. The summed E-state index contributed by atoms with van der Waals surface area (Å²) in [6.45, 7) is 4.59. The van der Waals surface area contributed by atoms with Crippen molar-refractivity contribution in [2.45, 2.75) is 44.7 Å². The highest BCUT2D eigenvalue weighted by atomic mass is 79.9. The maximum atomic E-state index is 3.82. The zero-order valence-corrected chi connectivity index (χ0v) is 14.2. The summed E-state index contributed by atoms with van der Waals surface area (Å²) in [6.07, 6.45) is 2.49. The average Bonchev–Trinajstić information content (AvgIpc) is 2.51. The molecular weight excluding hydrogens is 322 g/mol. The van der Waals surface area contributed by atoms with E-state index in [1.807, 2.05) is 0 Å². The Morgan fingerprint density at radius 3 is 2.38 bits per heavy atom. The largest absolute Gasteiger partial charge is 0.303 e. The third kappa shape index (κ3) is 3.22. The zero-order valence-electron chi connectivity index (χ0n) is 12.6. The van der Waals surface area contributed by atoms with Gasteiger partial charge in [0.2, 0.25) is 0 Å². The molecular formula is C19H22BrN. The molecule has 0 heterocycles. The van der Waals surface area contributed by atoms with Crippen molar-refractivity contribution >= 4 is 15.9 Å². The highest BCUT2D eigenvalue weighted by molar-refractivity contribution is 9.10. The molecule has 1 aliphatic carbocycles. The van der Waals surface area contributed by atoms with Crippen LogP contribution in [0.4, 0.5) is 0 Å². The van der Waals surface area contributed by atoms with Crippen LogP contribution >= 0.6 is 15.9 Å². The molecule has 3 rings (SSSR count). The van der Waals surface area contributed by atoms with E-state index in [0.717, 1.165) is 4.47 Å². The van der Waals surface area contributed by atoms with Crippen LogP contribution in [0.25, 0.3) is 0 Å². The number of benzene rings is 2. The van der Waals surface area contributed by atoms with Gasteiger partial charge in [0.05, 0.1) is 0 Å². The van der Waals surface area contributed by atoms with E-state index in [2.05, 4.69) is 83.6 Å². The number of rotatable bonds is 3. The van der Waals surface area contributed by atoms with Crippen LogP contribution < -0.4 is 5.32 Å². The highest BCUT2D eigenvalue weighted by Gasteiger charge is 2.25. The second kappa shape index (κ2) is 6.33. The summed E-state index contributed by atoms with van der Waals surface area (Å²) in [5, 5.41) is 3.82. The van der Waals surface area contributed by atoms with Gasteiger partial charge in [0.1, 0.15) is 0 Å². The van der Waals surface area contributed by atoms with Crippen LogP contribution in [0.2, 0.25) is 0 Å². The van der Waals surface area contributed by atoms with Gasteiger partial charge in [-0.2, -0.15) is 0 Å². The minimum Gasteiger partial charge on any atom is -0.303 e. The van der Waals surface area contributed by atoms with Crippen molar-refractivity contribution in [3.05, 3.63) is 69.7 Å². The second-order valence-corrected chi connectivity index (χ2v) is 7.02. The minimum atomic E-state index is 0.365. The van der Waals surface area contributed by atoms with Gasteiger partial charge in [0, 0.05) is 16.6 Å². The van der Waals surface area contributed by atoms with Gasteiger partial charge in [-0.15, -0.1) is 0 Å². The first-order chi connectivity index (χ1) is 10.1. The molecule has 1 nitrogen and oxygen atoms in total. The van der Waals surface area contributed by atoms with Gasteiger partial charge in [-0.3, -0.25) is 0 Å². The van der Waals surface area contributed by atoms with E-state index in [0.29, 0.717) is 18.0 Å². The van der Waals surface area contributed by atoms with Gasteiger partial charge in [-0.1, -0.05) is 59.3 Å². The Balaban J connectivity index is 1.79. The van der Waals surface area contributed by atoms with Crippen molar-refractivity contribution in [3.8, 4) is 0 Å². The predicted octanol–water partition coefficient (Wildman–Crippen LogP) is 5.74. The van der Waals surface area contributed by atoms with Crippen LogP contribution in [0.3, 0.4) is 0 Å². The fourth-order valence-corrected chi connectivity index (χ4v) is 3.59. The molecule has 1 aliphatic rings. The normalized spacial score (nSPS) is 22.6. The van der Waals surface area contributed by atoms with E-state index in [1.165, 1.54) is 29.5 Å². The molecule has 0 saturated carbocycles. The Kier molecular flexibility index (Phi) is 4.46. The van der Waals surface area contributed by atoms with Crippen molar-refractivity contribution in [1.29, 1.82) is 0 Å². The monoisotopic (exact) mass is 343 g/mol. The minimum absolute atomic E-state index is 0.365. The fraction of sp³-hybridized carbons (Fsp3) is 0.368. The molecule has 110 valence electrons. The average molecular weight is 344 g/mol. The lowest BCUT2D eigenvalue weighted by Gasteiger charge is -2.32. The van der Waals surface area contributed by atoms with E-state index >= 15 is 0 Å². The third-order valence-electron chi connectivity index (χ3n) is 4.61. The summed E-state index contributed by atoms with van der Waals surface area (Å²) in [5.41, 5.74) is 4.35. The van der Waals surface area contributed by atoms with Crippen LogP contribution in [0.15, 0.2) is 53.0 Å². The molecule has 21 heavy (non-hydrogen) atoms. The van der Waals surface area contributed by atoms with Crippen molar-refractivity contribution in [2.75, 3.05) is 0 Å². The zero-order chi connectivity index (χ0) is 14.8. The number of halogens is 1. The Morgan fingerprint density at radius 2 is 1.67 bits per heavy atom. The van der Waals surface area contributed by atoms with Crippen molar-refractivity contribution < 1.29 is 0 Å². The first kappa shape index (κ1) is 14.8. The highest BCUT2D eigenvalue weighted by Crippen LogP contribution is 2.38. The quantitative estimate of drug-likeness (QED) is 0.749. The summed E-state index contributed by atoms with van der Waals surface area (Å²) < 4.78 is 1.13. The summed E-state index contributed by atoms with van der Waals surface area (Å²) in [4.78, 5) is 0. The maximum Gasteiger partial charge on any atom is 0.0328 e. The molecule has 0 radical (unpaired) electrons. The van der Waals surface area contributed by atoms with E-state index in [1.54, 1.807) is 0 Å². The van der Waals surface area contributed by atoms with Crippen molar-refractivity contribution in [2.24, 2.45) is 0 Å². The van der Waals surface area contributed by atoms with E-state index < -0.39 is 0 Å². The van der Waals surface area contributed by atoms with Crippen LogP contribution in [-0.4, -0.2) is 0 Å². The van der Waals surface area contributed by atoms with Gasteiger partial charge >= 0.3 is 0 Å². The molecule has 0 spiro atoms. The molecule has 2 unspecified atom stereocenters. The lowest BCUT2D eigenvalue weighted by atomic mass is 9.81. The number of hydrogen-bond acceptors (Lipinski definition) is 1. The molecule has 0 fully saturated rings. The smallest absolute Gasteiger partial charge is 0.0328 e. The predicted molar refractivity (Wildman–Crippen MR) is 92.5 cm³/mol. The molecule has 2 heteroatoms. The fourth-order valence-electron chi connectivity index (χ4n) is 3.33. The Morgan fingerprint density at radius 1 is 1.00 bits per heavy atom. The Bertz CT molecular complexity index is 605. The topological polar surface area (TPSA) is 12.0 Å². The summed E-state index contributed by atoms with van der Waals surface area (Å²) in [7, 11) is 0. The second-order valence-electron chi connectivity index (χ2n) is 6.10. The molecule has 0 amide bonds. The van der Waals surface area contributed by atoms with Crippen molar-refractivity contribution in [1.82, 2.24) is 5.32 Å². The van der Waals surface area contributed by atoms with Crippen LogP contribution in [-0.2, 0) is 0 Å². The van der Waals surface area contributed by atoms with Gasteiger partial charge in [-0.25, -0.2) is 0 Å².